The van der Waals surface area contributed by atoms with E-state index in [0.29, 0.717) is 17.4 Å². The second-order valence-corrected chi connectivity index (χ2v) is 7.83. The zero-order valence-electron chi connectivity index (χ0n) is 14.6. The van der Waals surface area contributed by atoms with Crippen LogP contribution in [0, 0.1) is 0 Å². The van der Waals surface area contributed by atoms with Crippen LogP contribution in [0.15, 0.2) is 34.2 Å². The van der Waals surface area contributed by atoms with Crippen molar-refractivity contribution in [2.24, 2.45) is 10.7 Å². The van der Waals surface area contributed by atoms with E-state index in [-0.39, 0.29) is 24.0 Å². The minimum atomic E-state index is -3.15. The number of sulfone groups is 1. The molecule has 3 N–H and O–H groups in total. The van der Waals surface area contributed by atoms with Crippen LogP contribution < -0.4 is 11.1 Å². The van der Waals surface area contributed by atoms with E-state index >= 15 is 0 Å². The Kier molecular flexibility index (Phi) is 12.1. The molecule has 1 aromatic rings. The predicted octanol–water partition coefficient (Wildman–Crippen LogP) is 3.47. The number of rotatable bonds is 10. The molecule has 24 heavy (non-hydrogen) atoms. The van der Waals surface area contributed by atoms with Gasteiger partial charge >= 0.3 is 0 Å². The topological polar surface area (TPSA) is 84.5 Å². The molecule has 1 aromatic carbocycles. The van der Waals surface area contributed by atoms with Gasteiger partial charge in [0, 0.05) is 12.8 Å². The highest BCUT2D eigenvalue weighted by molar-refractivity contribution is 14.0. The molecule has 0 spiro atoms. The fourth-order valence-corrected chi connectivity index (χ4v) is 2.83. The quantitative estimate of drug-likeness (QED) is 0.239. The fourth-order valence-electron chi connectivity index (χ4n) is 2.20. The summed E-state index contributed by atoms with van der Waals surface area (Å²) in [5.74, 6) is 0.436. The second kappa shape index (κ2) is 12.5. The summed E-state index contributed by atoms with van der Waals surface area (Å²) in [7, 11) is -3.15. The molecular formula is C17H30IN3O2S. The minimum Gasteiger partial charge on any atom is -0.370 e. The third kappa shape index (κ3) is 10.1. The Morgan fingerprint density at radius 1 is 1.08 bits per heavy atom. The molecule has 0 saturated heterocycles. The number of aliphatic imine (C=N–C) groups is 1. The summed E-state index contributed by atoms with van der Waals surface area (Å²) in [6, 6.07) is 6.72. The largest absolute Gasteiger partial charge is 0.370 e. The van der Waals surface area contributed by atoms with Gasteiger partial charge in [-0.3, -0.25) is 0 Å². The molecule has 0 saturated carbocycles. The number of nitrogens with zero attached hydrogens (tertiary/aromatic N) is 1. The molecule has 1 rings (SSSR count). The Bertz CT molecular complexity index is 586. The van der Waals surface area contributed by atoms with Crippen LogP contribution >= 0.6 is 24.0 Å². The minimum absolute atomic E-state index is 0. The van der Waals surface area contributed by atoms with Gasteiger partial charge in [-0.25, -0.2) is 13.4 Å². The van der Waals surface area contributed by atoms with Crippen LogP contribution in [0.5, 0.6) is 0 Å². The highest BCUT2D eigenvalue weighted by Crippen LogP contribution is 2.10. The Balaban J connectivity index is 0.00000529. The summed E-state index contributed by atoms with van der Waals surface area (Å²) in [5, 5.41) is 3.11. The summed E-state index contributed by atoms with van der Waals surface area (Å²) in [6.07, 6.45) is 8.68. The molecule has 0 atom stereocenters. The van der Waals surface area contributed by atoms with E-state index < -0.39 is 9.84 Å². The molecule has 0 amide bonds. The summed E-state index contributed by atoms with van der Waals surface area (Å²) in [6.45, 7) is 3.50. The summed E-state index contributed by atoms with van der Waals surface area (Å²) >= 11 is 0. The number of guanidine groups is 1. The van der Waals surface area contributed by atoms with Crippen molar-refractivity contribution in [2.45, 2.75) is 56.9 Å². The van der Waals surface area contributed by atoms with Gasteiger partial charge < -0.3 is 11.1 Å². The van der Waals surface area contributed by atoms with Crippen LogP contribution in [0.4, 0.5) is 0 Å². The maximum atomic E-state index is 11.4. The number of nitrogens with two attached hydrogens (primary N) is 1. The average Bonchev–Trinajstić information content (AvgIpc) is 2.51. The molecule has 0 radical (unpaired) electrons. The maximum absolute atomic E-state index is 11.4. The van der Waals surface area contributed by atoms with Gasteiger partial charge in [-0.1, -0.05) is 51.2 Å². The maximum Gasteiger partial charge on any atom is 0.188 e. The number of hydrogen-bond acceptors (Lipinski definition) is 3. The lowest BCUT2D eigenvalue weighted by Gasteiger charge is -2.06. The Morgan fingerprint density at radius 3 is 2.25 bits per heavy atom. The summed E-state index contributed by atoms with van der Waals surface area (Å²) in [5.41, 5.74) is 6.76. The third-order valence-corrected chi connectivity index (χ3v) is 4.75. The second-order valence-electron chi connectivity index (χ2n) is 5.81. The molecule has 0 bridgehead atoms. The van der Waals surface area contributed by atoms with Crippen molar-refractivity contribution in [1.82, 2.24) is 5.32 Å². The SMILES string of the molecule is CCCCCCCCNC(N)=NCc1ccc(S(C)(=O)=O)cc1.I. The Morgan fingerprint density at radius 2 is 1.67 bits per heavy atom. The van der Waals surface area contributed by atoms with Gasteiger partial charge in [-0.2, -0.15) is 0 Å². The Hall–Kier alpha value is -0.830. The van der Waals surface area contributed by atoms with Gasteiger partial charge in [0.1, 0.15) is 0 Å². The molecule has 0 heterocycles. The van der Waals surface area contributed by atoms with Crippen LogP contribution in [0.25, 0.3) is 0 Å². The smallest absolute Gasteiger partial charge is 0.188 e. The van der Waals surface area contributed by atoms with Crippen molar-refractivity contribution in [2.75, 3.05) is 12.8 Å². The first-order chi connectivity index (χ1) is 10.9. The zero-order valence-corrected chi connectivity index (χ0v) is 17.8. The summed E-state index contributed by atoms with van der Waals surface area (Å²) < 4.78 is 22.8. The molecular weight excluding hydrogens is 437 g/mol. The van der Waals surface area contributed by atoms with Gasteiger partial charge in [0.2, 0.25) is 0 Å². The predicted molar refractivity (Wildman–Crippen MR) is 112 cm³/mol. The van der Waals surface area contributed by atoms with Gasteiger partial charge in [-0.05, 0) is 24.1 Å². The van der Waals surface area contributed by atoms with Gasteiger partial charge in [-0.15, -0.1) is 24.0 Å². The van der Waals surface area contributed by atoms with E-state index in [4.69, 9.17) is 5.73 Å². The molecule has 5 nitrogen and oxygen atoms in total. The van der Waals surface area contributed by atoms with Gasteiger partial charge in [0.15, 0.2) is 15.8 Å². The molecule has 7 heteroatoms. The molecule has 0 fully saturated rings. The first kappa shape index (κ1) is 23.2. The van der Waals surface area contributed by atoms with E-state index in [1.165, 1.54) is 38.4 Å². The first-order valence-electron chi connectivity index (χ1n) is 8.26. The monoisotopic (exact) mass is 467 g/mol. The first-order valence-corrected chi connectivity index (χ1v) is 10.2. The lowest BCUT2D eigenvalue weighted by atomic mass is 10.1. The lowest BCUT2D eigenvalue weighted by molar-refractivity contribution is 0.601. The van der Waals surface area contributed by atoms with Crippen molar-refractivity contribution < 1.29 is 8.42 Å². The van der Waals surface area contributed by atoms with E-state index in [0.717, 1.165) is 18.5 Å². The van der Waals surface area contributed by atoms with Crippen molar-refractivity contribution >= 4 is 39.8 Å². The van der Waals surface area contributed by atoms with E-state index in [9.17, 15) is 8.42 Å². The molecule has 0 aromatic heterocycles. The standard InChI is InChI=1S/C17H29N3O2S.HI/c1-3-4-5-6-7-8-13-19-17(18)20-14-15-9-11-16(12-10-15)23(2,21)22;/h9-12H,3-8,13-14H2,1-2H3,(H3,18,19,20);1H. The number of benzene rings is 1. The van der Waals surface area contributed by atoms with Crippen molar-refractivity contribution in [3.63, 3.8) is 0 Å². The third-order valence-electron chi connectivity index (χ3n) is 3.62. The highest BCUT2D eigenvalue weighted by atomic mass is 127. The van der Waals surface area contributed by atoms with E-state index in [2.05, 4.69) is 17.2 Å². The molecule has 0 aliphatic heterocycles. The van der Waals surface area contributed by atoms with Crippen LogP contribution in [0.1, 0.15) is 51.0 Å². The number of halogens is 1. The van der Waals surface area contributed by atoms with Crippen molar-refractivity contribution in [1.29, 1.82) is 0 Å². The normalized spacial score (nSPS) is 11.8. The highest BCUT2D eigenvalue weighted by Gasteiger charge is 2.05. The van der Waals surface area contributed by atoms with Gasteiger partial charge in [0.05, 0.1) is 11.4 Å². The number of unbranched alkanes of at least 4 members (excludes halogenated alkanes) is 5. The molecule has 138 valence electrons. The summed E-state index contributed by atoms with van der Waals surface area (Å²) in [4.78, 5) is 4.59. The van der Waals surface area contributed by atoms with Crippen LogP contribution in [0.2, 0.25) is 0 Å². The molecule has 0 unspecified atom stereocenters. The Labute approximate surface area is 163 Å². The average molecular weight is 467 g/mol. The fraction of sp³-hybridized carbons (Fsp3) is 0.588. The van der Waals surface area contributed by atoms with Crippen LogP contribution in [-0.4, -0.2) is 27.2 Å². The van der Waals surface area contributed by atoms with Crippen LogP contribution in [0.3, 0.4) is 0 Å². The lowest BCUT2D eigenvalue weighted by Crippen LogP contribution is -2.32. The number of hydrogen-bond donors (Lipinski definition) is 2. The number of nitrogens with one attached hydrogen (secondary N) is 1. The molecule has 0 aliphatic rings. The van der Waals surface area contributed by atoms with Crippen LogP contribution in [-0.2, 0) is 16.4 Å². The van der Waals surface area contributed by atoms with Crippen molar-refractivity contribution in [3.8, 4) is 0 Å². The van der Waals surface area contributed by atoms with Crippen molar-refractivity contribution in [3.05, 3.63) is 29.8 Å². The zero-order chi connectivity index (χ0) is 17.1. The van der Waals surface area contributed by atoms with E-state index in [1.807, 2.05) is 0 Å². The van der Waals surface area contributed by atoms with Gasteiger partial charge in [0.25, 0.3) is 0 Å². The molecule has 0 aliphatic carbocycles. The van der Waals surface area contributed by atoms with E-state index in [1.54, 1.807) is 24.3 Å².